The maximum atomic E-state index is 10.2. The molecular weight excluding hydrogens is 370 g/mol. The molecule has 3 heteroatoms. The monoisotopic (exact) mass is 415 g/mol. The Morgan fingerprint density at radius 2 is 2.03 bits per heavy atom. The number of rotatable bonds is 4. The van der Waals surface area contributed by atoms with Crippen LogP contribution in [0.4, 0.5) is 0 Å². The van der Waals surface area contributed by atoms with Crippen molar-refractivity contribution in [3.63, 3.8) is 0 Å². The minimum atomic E-state index is -0.103. The van der Waals surface area contributed by atoms with Crippen LogP contribution in [0.5, 0.6) is 0 Å². The number of fused-ring (bicyclic) bond motifs is 7. The summed E-state index contributed by atoms with van der Waals surface area (Å²) in [5, 5.41) is 10.2. The minimum absolute atomic E-state index is 0.103. The molecule has 11 atom stereocenters. The first-order valence-electron chi connectivity index (χ1n) is 13.0. The number of nitrogens with two attached hydrogens (primary N) is 1. The van der Waals surface area contributed by atoms with Gasteiger partial charge >= 0.3 is 0 Å². The summed E-state index contributed by atoms with van der Waals surface area (Å²) in [4.78, 5) is 0. The van der Waals surface area contributed by atoms with Gasteiger partial charge in [-0.2, -0.15) is 0 Å². The van der Waals surface area contributed by atoms with Crippen LogP contribution in [0.1, 0.15) is 85.5 Å². The van der Waals surface area contributed by atoms with Crippen LogP contribution in [-0.4, -0.2) is 30.0 Å². The van der Waals surface area contributed by atoms with Gasteiger partial charge < -0.3 is 15.6 Å². The third kappa shape index (κ3) is 3.09. The molecule has 5 rings (SSSR count). The molecule has 1 saturated heterocycles. The van der Waals surface area contributed by atoms with Gasteiger partial charge in [0, 0.05) is 0 Å². The summed E-state index contributed by atoms with van der Waals surface area (Å²) < 4.78 is 6.79. The third-order valence-corrected chi connectivity index (χ3v) is 11.0. The normalized spacial score (nSPS) is 53.3. The number of hydrogen-bond donors (Lipinski definition) is 2. The second kappa shape index (κ2) is 7.59. The van der Waals surface area contributed by atoms with Gasteiger partial charge in [0.05, 0.1) is 18.3 Å². The zero-order valence-corrected chi connectivity index (χ0v) is 19.8. The predicted octanol–water partition coefficient (Wildman–Crippen LogP) is 5.31. The zero-order chi connectivity index (χ0) is 21.3. The van der Waals surface area contributed by atoms with E-state index < -0.39 is 0 Å². The van der Waals surface area contributed by atoms with Crippen molar-refractivity contribution < 1.29 is 9.84 Å². The van der Waals surface area contributed by atoms with Gasteiger partial charge in [0.1, 0.15) is 0 Å². The van der Waals surface area contributed by atoms with Gasteiger partial charge in [-0.25, -0.2) is 0 Å². The highest BCUT2D eigenvalue weighted by atomic mass is 16.5. The van der Waals surface area contributed by atoms with Crippen molar-refractivity contribution in [2.24, 2.45) is 52.1 Å². The number of hydrogen-bond acceptors (Lipinski definition) is 3. The van der Waals surface area contributed by atoms with Gasteiger partial charge in [0.2, 0.25) is 0 Å². The van der Waals surface area contributed by atoms with Crippen LogP contribution in [0, 0.1) is 46.3 Å². The number of allylic oxidation sites excluding steroid dienone is 1. The summed E-state index contributed by atoms with van der Waals surface area (Å²) in [6, 6.07) is 0. The average molecular weight is 416 g/mol. The Kier molecular flexibility index (Phi) is 5.43. The lowest BCUT2D eigenvalue weighted by Gasteiger charge is -2.58. The van der Waals surface area contributed by atoms with Crippen molar-refractivity contribution in [1.82, 2.24) is 0 Å². The molecule has 3 saturated carbocycles. The molecule has 170 valence electrons. The predicted molar refractivity (Wildman–Crippen MR) is 122 cm³/mol. The summed E-state index contributed by atoms with van der Waals surface area (Å²) in [6.07, 6.45) is 14.2. The Labute approximate surface area is 184 Å². The lowest BCUT2D eigenvalue weighted by atomic mass is 9.47. The summed E-state index contributed by atoms with van der Waals surface area (Å²) in [5.74, 6) is 4.50. The Morgan fingerprint density at radius 3 is 2.80 bits per heavy atom. The molecule has 30 heavy (non-hydrogen) atoms. The van der Waals surface area contributed by atoms with Gasteiger partial charge in [-0.15, -0.1) is 0 Å². The van der Waals surface area contributed by atoms with Gasteiger partial charge in [-0.1, -0.05) is 39.3 Å². The first-order chi connectivity index (χ1) is 14.3. The van der Waals surface area contributed by atoms with Crippen molar-refractivity contribution >= 4 is 0 Å². The van der Waals surface area contributed by atoms with Crippen LogP contribution >= 0.6 is 0 Å². The Balaban J connectivity index is 1.34. The second-order valence-corrected chi connectivity index (χ2v) is 12.5. The van der Waals surface area contributed by atoms with Gasteiger partial charge in [0.15, 0.2) is 0 Å². The molecule has 0 aromatic carbocycles. The van der Waals surface area contributed by atoms with Crippen molar-refractivity contribution in [3.8, 4) is 0 Å². The van der Waals surface area contributed by atoms with Crippen LogP contribution < -0.4 is 5.73 Å². The van der Waals surface area contributed by atoms with E-state index in [0.29, 0.717) is 34.9 Å². The molecule has 3 N–H and O–H groups in total. The summed E-state index contributed by atoms with van der Waals surface area (Å²) >= 11 is 0. The van der Waals surface area contributed by atoms with Crippen LogP contribution in [0.15, 0.2) is 11.6 Å². The molecule has 4 fully saturated rings. The minimum Gasteiger partial charge on any atom is -0.393 e. The highest BCUT2D eigenvalue weighted by Gasteiger charge is 2.64. The molecule has 0 bridgehead atoms. The summed E-state index contributed by atoms with van der Waals surface area (Å²) in [5.41, 5.74) is 8.24. The Morgan fingerprint density at radius 1 is 1.23 bits per heavy atom. The molecule has 1 heterocycles. The molecule has 0 amide bonds. The molecule has 0 spiro atoms. The van der Waals surface area contributed by atoms with Crippen molar-refractivity contribution in [2.45, 2.75) is 104 Å². The van der Waals surface area contributed by atoms with E-state index in [2.05, 4.69) is 33.8 Å². The molecule has 4 aliphatic carbocycles. The van der Waals surface area contributed by atoms with Gasteiger partial charge in [0.25, 0.3) is 0 Å². The fraction of sp³-hybridized carbons (Fsp3) is 0.926. The highest BCUT2D eigenvalue weighted by Crippen LogP contribution is 2.69. The molecule has 1 aliphatic heterocycles. The SMILES string of the molecule is CC(CN)CC[C@H]1O[C@H]2C[C@H]3[C@@H]4CC=C5C[C@H](O)CC[C@]5(C)[C@H]4CC[C@]3(C)[C@H]2[C@@H]1C. The summed E-state index contributed by atoms with van der Waals surface area (Å²) in [6.45, 7) is 10.7. The van der Waals surface area contributed by atoms with E-state index in [-0.39, 0.29) is 6.10 Å². The lowest BCUT2D eigenvalue weighted by molar-refractivity contribution is -0.0589. The molecular formula is C27H45NO2. The largest absolute Gasteiger partial charge is 0.393 e. The van der Waals surface area contributed by atoms with E-state index in [1.165, 1.54) is 44.9 Å². The molecule has 1 unspecified atom stereocenters. The number of aliphatic hydroxyl groups is 1. The fourth-order valence-corrected chi connectivity index (χ4v) is 9.23. The van der Waals surface area contributed by atoms with Crippen LogP contribution in [-0.2, 0) is 4.74 Å². The maximum absolute atomic E-state index is 10.2. The zero-order valence-electron chi connectivity index (χ0n) is 19.8. The van der Waals surface area contributed by atoms with Crippen molar-refractivity contribution in [1.29, 1.82) is 0 Å². The van der Waals surface area contributed by atoms with E-state index >= 15 is 0 Å². The van der Waals surface area contributed by atoms with E-state index in [4.69, 9.17) is 10.5 Å². The molecule has 3 nitrogen and oxygen atoms in total. The lowest BCUT2D eigenvalue weighted by Crippen LogP contribution is -2.51. The summed E-state index contributed by atoms with van der Waals surface area (Å²) in [7, 11) is 0. The van der Waals surface area contributed by atoms with Crippen LogP contribution in [0.25, 0.3) is 0 Å². The van der Waals surface area contributed by atoms with E-state index in [9.17, 15) is 5.11 Å². The quantitative estimate of drug-likeness (QED) is 0.611. The second-order valence-electron chi connectivity index (χ2n) is 12.5. The standard InChI is InChI=1S/C27H45NO2/c1-16(15-28)5-8-23-17(2)25-24(30-23)14-22-20-7-6-18-13-19(29)9-11-26(18,3)21(20)10-12-27(22,25)4/h6,16-17,19-25,29H,5,7-15,28H2,1-4H3/t16?,17-,19-,20-,21+,22+,23-,24+,25+,26+,27+/m1/s1. The first-order valence-corrected chi connectivity index (χ1v) is 13.0. The number of ether oxygens (including phenoxy) is 1. The molecule has 0 aromatic rings. The van der Waals surface area contributed by atoms with Crippen molar-refractivity contribution in [3.05, 3.63) is 11.6 Å². The average Bonchev–Trinajstić information content (AvgIpc) is 3.20. The van der Waals surface area contributed by atoms with E-state index in [1.54, 1.807) is 5.57 Å². The van der Waals surface area contributed by atoms with E-state index in [0.717, 1.165) is 43.1 Å². The highest BCUT2D eigenvalue weighted by molar-refractivity contribution is 5.26. The van der Waals surface area contributed by atoms with Crippen LogP contribution in [0.2, 0.25) is 0 Å². The van der Waals surface area contributed by atoms with E-state index in [1.807, 2.05) is 0 Å². The first kappa shape index (κ1) is 21.5. The van der Waals surface area contributed by atoms with Crippen LogP contribution in [0.3, 0.4) is 0 Å². The Bertz CT molecular complexity index is 690. The fourth-order valence-electron chi connectivity index (χ4n) is 9.23. The van der Waals surface area contributed by atoms with Crippen molar-refractivity contribution in [2.75, 3.05) is 6.54 Å². The topological polar surface area (TPSA) is 55.5 Å². The van der Waals surface area contributed by atoms with Gasteiger partial charge in [-0.3, -0.25) is 0 Å². The molecule has 5 aliphatic rings. The van der Waals surface area contributed by atoms with Gasteiger partial charge in [-0.05, 0) is 111 Å². The smallest absolute Gasteiger partial charge is 0.0618 e. The molecule has 0 aromatic heterocycles. The Hall–Kier alpha value is -0.380. The maximum Gasteiger partial charge on any atom is 0.0618 e. The molecule has 0 radical (unpaired) electrons. The number of aliphatic hydroxyl groups excluding tert-OH is 1. The third-order valence-electron chi connectivity index (χ3n) is 11.0.